The number of nitriles is 1. The number of benzene rings is 2. The van der Waals surface area contributed by atoms with Crippen LogP contribution >= 0.6 is 38.5 Å². The van der Waals surface area contributed by atoms with E-state index >= 15 is 0 Å². The molecule has 24 heavy (non-hydrogen) atoms. The Kier molecular flexibility index (Phi) is 6.82. The lowest BCUT2D eigenvalue weighted by Crippen LogP contribution is -2.13. The lowest BCUT2D eigenvalue weighted by Gasteiger charge is -2.07. The second kappa shape index (κ2) is 8.85. The first-order chi connectivity index (χ1) is 11.5. The van der Waals surface area contributed by atoms with Crippen molar-refractivity contribution in [3.05, 3.63) is 61.6 Å². The van der Waals surface area contributed by atoms with Gasteiger partial charge >= 0.3 is 0 Å². The minimum absolute atomic E-state index is 0.0323. The third-order valence-electron chi connectivity index (χ3n) is 3.01. The summed E-state index contributed by atoms with van der Waals surface area (Å²) in [6.07, 6.45) is 1.55. The van der Waals surface area contributed by atoms with Gasteiger partial charge in [0.15, 0.2) is 0 Å². The minimum Gasteiger partial charge on any atom is -0.493 e. The number of nitrogens with one attached hydrogen (secondary N) is 1. The van der Waals surface area contributed by atoms with E-state index in [9.17, 15) is 10.1 Å². The Hall–Kier alpha value is -1.85. The monoisotopic (exact) mass is 496 g/mol. The molecule has 0 heterocycles. The zero-order valence-corrected chi connectivity index (χ0v) is 16.6. The van der Waals surface area contributed by atoms with Gasteiger partial charge in [0.05, 0.1) is 11.1 Å². The number of nitrogens with zero attached hydrogens (tertiary/aromatic N) is 1. The van der Waals surface area contributed by atoms with Gasteiger partial charge in [-0.05, 0) is 87.4 Å². The lowest BCUT2D eigenvalue weighted by molar-refractivity contribution is -0.112. The van der Waals surface area contributed by atoms with Crippen molar-refractivity contribution in [2.75, 3.05) is 11.9 Å². The molecule has 2 aromatic rings. The average molecular weight is 497 g/mol. The maximum Gasteiger partial charge on any atom is 0.266 e. The van der Waals surface area contributed by atoms with Gasteiger partial charge in [-0.1, -0.05) is 12.1 Å². The molecule has 0 fully saturated rings. The number of halogens is 2. The van der Waals surface area contributed by atoms with Crippen molar-refractivity contribution < 1.29 is 9.53 Å². The molecule has 0 radical (unpaired) electrons. The summed E-state index contributed by atoms with van der Waals surface area (Å²) in [4.78, 5) is 12.3. The van der Waals surface area contributed by atoms with Crippen molar-refractivity contribution in [2.24, 2.45) is 0 Å². The molecule has 0 atom stereocenters. The summed E-state index contributed by atoms with van der Waals surface area (Å²) in [5, 5.41) is 12.0. The molecule has 122 valence electrons. The third kappa shape index (κ3) is 5.08. The van der Waals surface area contributed by atoms with Crippen LogP contribution in [0.2, 0.25) is 0 Å². The molecule has 0 unspecified atom stereocenters. The zero-order chi connectivity index (χ0) is 17.5. The molecule has 4 nitrogen and oxygen atoms in total. The van der Waals surface area contributed by atoms with Gasteiger partial charge in [-0.3, -0.25) is 4.79 Å². The zero-order valence-electron chi connectivity index (χ0n) is 12.8. The average Bonchev–Trinajstić information content (AvgIpc) is 2.55. The Morgan fingerprint density at radius 1 is 1.38 bits per heavy atom. The van der Waals surface area contributed by atoms with Crippen LogP contribution in [0.4, 0.5) is 5.69 Å². The van der Waals surface area contributed by atoms with Crippen LogP contribution in [-0.4, -0.2) is 12.5 Å². The molecule has 6 heteroatoms. The maximum atomic E-state index is 12.3. The van der Waals surface area contributed by atoms with Gasteiger partial charge < -0.3 is 10.1 Å². The van der Waals surface area contributed by atoms with Crippen molar-refractivity contribution in [3.63, 3.8) is 0 Å². The summed E-state index contributed by atoms with van der Waals surface area (Å²) >= 11 is 5.58. The van der Waals surface area contributed by atoms with Gasteiger partial charge in [-0.25, -0.2) is 0 Å². The van der Waals surface area contributed by atoms with E-state index in [1.807, 2.05) is 31.2 Å². The highest BCUT2D eigenvalue weighted by molar-refractivity contribution is 14.1. The van der Waals surface area contributed by atoms with E-state index < -0.39 is 5.91 Å². The molecule has 0 spiro atoms. The van der Waals surface area contributed by atoms with E-state index in [0.717, 1.165) is 19.4 Å². The molecule has 0 bridgehead atoms. The summed E-state index contributed by atoms with van der Waals surface area (Å²) in [5.74, 6) is 0.279. The fourth-order valence-electron chi connectivity index (χ4n) is 1.96. The van der Waals surface area contributed by atoms with E-state index in [0.29, 0.717) is 12.3 Å². The summed E-state index contributed by atoms with van der Waals surface area (Å²) < 4.78 is 7.22. The van der Waals surface area contributed by atoms with Crippen molar-refractivity contribution in [3.8, 4) is 11.8 Å². The lowest BCUT2D eigenvalue weighted by atomic mass is 10.1. The highest BCUT2D eigenvalue weighted by Crippen LogP contribution is 2.27. The van der Waals surface area contributed by atoms with Crippen LogP contribution in [0.5, 0.6) is 5.75 Å². The normalized spacial score (nSPS) is 10.8. The van der Waals surface area contributed by atoms with Crippen molar-refractivity contribution >= 4 is 56.2 Å². The SMILES string of the molecule is CCOc1ccc(/C=C(\C#N)C(=O)Nc2cccc(I)c2)cc1Br. The van der Waals surface area contributed by atoms with Crippen molar-refractivity contribution in [2.45, 2.75) is 6.92 Å². The third-order valence-corrected chi connectivity index (χ3v) is 4.31. The quantitative estimate of drug-likeness (QED) is 0.360. The number of carbonyl (C=O) groups excluding carboxylic acids is 1. The van der Waals surface area contributed by atoms with Crippen molar-refractivity contribution in [1.29, 1.82) is 5.26 Å². The molecule has 0 aliphatic rings. The first kappa shape index (κ1) is 18.5. The van der Waals surface area contributed by atoms with Crippen LogP contribution in [0.15, 0.2) is 52.5 Å². The summed E-state index contributed by atoms with van der Waals surface area (Å²) in [6, 6.07) is 14.7. The molecular weight excluding hydrogens is 483 g/mol. The molecule has 0 saturated carbocycles. The van der Waals surface area contributed by atoms with E-state index in [-0.39, 0.29) is 5.57 Å². The first-order valence-corrected chi connectivity index (χ1v) is 9.01. The maximum absolute atomic E-state index is 12.3. The minimum atomic E-state index is -0.440. The van der Waals surface area contributed by atoms with Crippen LogP contribution in [-0.2, 0) is 4.79 Å². The second-order valence-electron chi connectivity index (χ2n) is 4.76. The molecule has 1 amide bonds. The van der Waals surface area contributed by atoms with Crippen molar-refractivity contribution in [1.82, 2.24) is 0 Å². The van der Waals surface area contributed by atoms with Gasteiger partial charge in [-0.2, -0.15) is 5.26 Å². The topological polar surface area (TPSA) is 62.1 Å². The fourth-order valence-corrected chi connectivity index (χ4v) is 3.01. The number of carbonyl (C=O) groups is 1. The Morgan fingerprint density at radius 2 is 2.17 bits per heavy atom. The number of amides is 1. The first-order valence-electron chi connectivity index (χ1n) is 7.14. The molecule has 0 saturated heterocycles. The van der Waals surface area contributed by atoms with Crippen LogP contribution in [0.3, 0.4) is 0 Å². The predicted molar refractivity (Wildman–Crippen MR) is 107 cm³/mol. The van der Waals surface area contributed by atoms with Gasteiger partial charge in [-0.15, -0.1) is 0 Å². The van der Waals surface area contributed by atoms with E-state index in [4.69, 9.17) is 4.74 Å². The molecule has 1 N–H and O–H groups in total. The summed E-state index contributed by atoms with van der Waals surface area (Å²) in [6.45, 7) is 2.47. The number of hydrogen-bond acceptors (Lipinski definition) is 3. The van der Waals surface area contributed by atoms with E-state index in [1.54, 1.807) is 30.3 Å². The summed E-state index contributed by atoms with van der Waals surface area (Å²) in [5.41, 5.74) is 1.42. The van der Waals surface area contributed by atoms with Crippen LogP contribution < -0.4 is 10.1 Å². The second-order valence-corrected chi connectivity index (χ2v) is 6.86. The Balaban J connectivity index is 2.21. The van der Waals surface area contributed by atoms with Gasteiger partial charge in [0.1, 0.15) is 17.4 Å². The standard InChI is InChI=1S/C18H14BrIN2O2/c1-2-24-17-7-6-12(9-16(17)19)8-13(11-21)18(23)22-15-5-3-4-14(20)10-15/h3-10H,2H2,1H3,(H,22,23)/b13-8+. The smallest absolute Gasteiger partial charge is 0.266 e. The number of ether oxygens (including phenoxy) is 1. The predicted octanol–water partition coefficient (Wildman–Crippen LogP) is 5.00. The largest absolute Gasteiger partial charge is 0.493 e. The number of hydrogen-bond donors (Lipinski definition) is 1. The molecule has 0 aliphatic heterocycles. The molecule has 2 aromatic carbocycles. The van der Waals surface area contributed by atoms with Crippen LogP contribution in [0, 0.1) is 14.9 Å². The highest BCUT2D eigenvalue weighted by atomic mass is 127. The highest BCUT2D eigenvalue weighted by Gasteiger charge is 2.10. The van der Waals surface area contributed by atoms with Gasteiger partial charge in [0, 0.05) is 9.26 Å². The van der Waals surface area contributed by atoms with Crippen LogP contribution in [0.1, 0.15) is 12.5 Å². The number of rotatable bonds is 5. The Labute approximate surface area is 162 Å². The number of anilines is 1. The van der Waals surface area contributed by atoms with E-state index in [1.165, 1.54) is 0 Å². The Morgan fingerprint density at radius 3 is 2.79 bits per heavy atom. The van der Waals surface area contributed by atoms with Crippen LogP contribution in [0.25, 0.3) is 6.08 Å². The molecule has 2 rings (SSSR count). The van der Waals surface area contributed by atoms with Gasteiger partial charge in [0.2, 0.25) is 0 Å². The fraction of sp³-hybridized carbons (Fsp3) is 0.111. The Bertz CT molecular complexity index is 828. The van der Waals surface area contributed by atoms with E-state index in [2.05, 4.69) is 43.8 Å². The molecule has 0 aromatic heterocycles. The summed E-state index contributed by atoms with van der Waals surface area (Å²) in [7, 11) is 0. The van der Waals surface area contributed by atoms with Gasteiger partial charge in [0.25, 0.3) is 5.91 Å². The molecular formula is C18H14BrIN2O2. The molecule has 0 aliphatic carbocycles.